The number of carboxylic acids is 1. The van der Waals surface area contributed by atoms with Gasteiger partial charge in [0.1, 0.15) is 18.0 Å². The molecule has 0 aliphatic rings. The minimum atomic E-state index is -1.05. The minimum absolute atomic E-state index is 0.174. The van der Waals surface area contributed by atoms with Crippen LogP contribution in [0.4, 0.5) is 0 Å². The summed E-state index contributed by atoms with van der Waals surface area (Å²) in [5.41, 5.74) is 1.79. The summed E-state index contributed by atoms with van der Waals surface area (Å²) in [6.07, 6.45) is 0.815. The van der Waals surface area contributed by atoms with Crippen LogP contribution in [0.3, 0.4) is 0 Å². The molecule has 6 heteroatoms. The van der Waals surface area contributed by atoms with Gasteiger partial charge in [0.15, 0.2) is 0 Å². The van der Waals surface area contributed by atoms with E-state index in [1.165, 1.54) is 4.90 Å². The molecule has 1 N–H and O–H groups in total. The minimum Gasteiger partial charge on any atom is -0.497 e. The van der Waals surface area contributed by atoms with E-state index in [9.17, 15) is 9.59 Å². The summed E-state index contributed by atoms with van der Waals surface area (Å²) in [4.78, 5) is 25.1. The van der Waals surface area contributed by atoms with E-state index in [4.69, 9.17) is 14.6 Å². The summed E-state index contributed by atoms with van der Waals surface area (Å²) >= 11 is 0. The standard InChI is InChI=1S/C20H23NO5/c1-25-17-10-16(11-18(12-17)26-2)13-21(14-20(23)24)19(22)9-8-15-6-4-3-5-7-15/h3-7,10-12H,8-9,13-14H2,1-2H3,(H,23,24). The lowest BCUT2D eigenvalue weighted by Crippen LogP contribution is -2.35. The summed E-state index contributed by atoms with van der Waals surface area (Å²) in [6.45, 7) is -0.180. The van der Waals surface area contributed by atoms with Crippen LogP contribution in [-0.4, -0.2) is 42.6 Å². The summed E-state index contributed by atoms with van der Waals surface area (Å²) in [5.74, 6) is -0.0799. The molecule has 0 aliphatic heterocycles. The van der Waals surface area contributed by atoms with Crippen molar-refractivity contribution in [3.8, 4) is 11.5 Å². The van der Waals surface area contributed by atoms with Crippen molar-refractivity contribution < 1.29 is 24.2 Å². The molecule has 2 aromatic carbocycles. The fourth-order valence-corrected chi connectivity index (χ4v) is 2.63. The quantitative estimate of drug-likeness (QED) is 0.747. The van der Waals surface area contributed by atoms with E-state index in [2.05, 4.69) is 0 Å². The fourth-order valence-electron chi connectivity index (χ4n) is 2.63. The second kappa shape index (κ2) is 9.46. The lowest BCUT2D eigenvalue weighted by molar-refractivity contribution is -0.144. The van der Waals surface area contributed by atoms with Crippen LogP contribution in [0.2, 0.25) is 0 Å². The molecular formula is C20H23NO5. The van der Waals surface area contributed by atoms with Crippen LogP contribution < -0.4 is 9.47 Å². The third-order valence-electron chi connectivity index (χ3n) is 3.93. The summed E-state index contributed by atoms with van der Waals surface area (Å²) in [7, 11) is 3.08. The Balaban J connectivity index is 2.11. The fraction of sp³-hybridized carbons (Fsp3) is 0.300. The molecule has 1 amide bonds. The number of aliphatic carboxylic acids is 1. The van der Waals surface area contributed by atoms with Crippen LogP contribution in [0.25, 0.3) is 0 Å². The van der Waals surface area contributed by atoms with Crippen LogP contribution in [0.5, 0.6) is 11.5 Å². The van der Waals surface area contributed by atoms with Crippen molar-refractivity contribution in [2.75, 3.05) is 20.8 Å². The Labute approximate surface area is 153 Å². The van der Waals surface area contributed by atoms with E-state index in [0.717, 1.165) is 11.1 Å². The largest absolute Gasteiger partial charge is 0.497 e. The van der Waals surface area contributed by atoms with Crippen molar-refractivity contribution in [3.63, 3.8) is 0 Å². The predicted octanol–water partition coefficient (Wildman–Crippen LogP) is 2.75. The lowest BCUT2D eigenvalue weighted by Gasteiger charge is -2.21. The molecule has 2 aromatic rings. The molecule has 0 spiro atoms. The van der Waals surface area contributed by atoms with Crippen molar-refractivity contribution in [2.45, 2.75) is 19.4 Å². The Hall–Kier alpha value is -3.02. The predicted molar refractivity (Wildman–Crippen MR) is 97.4 cm³/mol. The molecule has 0 atom stereocenters. The first-order valence-electron chi connectivity index (χ1n) is 8.27. The third kappa shape index (κ3) is 5.81. The van der Waals surface area contributed by atoms with Crippen LogP contribution in [0, 0.1) is 0 Å². The van der Waals surface area contributed by atoms with Gasteiger partial charge in [0.05, 0.1) is 14.2 Å². The van der Waals surface area contributed by atoms with Crippen molar-refractivity contribution >= 4 is 11.9 Å². The highest BCUT2D eigenvalue weighted by molar-refractivity contribution is 5.81. The SMILES string of the molecule is COc1cc(CN(CC(=O)O)C(=O)CCc2ccccc2)cc(OC)c1. The molecule has 0 aliphatic carbocycles. The number of hydrogen-bond donors (Lipinski definition) is 1. The highest BCUT2D eigenvalue weighted by Gasteiger charge is 2.18. The van der Waals surface area contributed by atoms with Crippen molar-refractivity contribution in [1.29, 1.82) is 0 Å². The first-order chi connectivity index (χ1) is 12.5. The first kappa shape index (κ1) is 19.3. The van der Waals surface area contributed by atoms with Gasteiger partial charge < -0.3 is 19.5 Å². The van der Waals surface area contributed by atoms with Gasteiger partial charge in [0.2, 0.25) is 5.91 Å². The molecular weight excluding hydrogens is 334 g/mol. The smallest absolute Gasteiger partial charge is 0.323 e. The molecule has 0 saturated carbocycles. The number of aryl methyl sites for hydroxylation is 1. The van der Waals surface area contributed by atoms with Gasteiger partial charge in [-0.3, -0.25) is 9.59 Å². The Morgan fingerprint density at radius 1 is 0.962 bits per heavy atom. The van der Waals surface area contributed by atoms with Crippen LogP contribution >= 0.6 is 0 Å². The number of methoxy groups -OCH3 is 2. The van der Waals surface area contributed by atoms with Gasteiger partial charge in [-0.05, 0) is 29.7 Å². The van der Waals surface area contributed by atoms with E-state index < -0.39 is 5.97 Å². The number of nitrogens with zero attached hydrogens (tertiary/aromatic N) is 1. The number of carboxylic acid groups (broad SMARTS) is 1. The molecule has 6 nitrogen and oxygen atoms in total. The molecule has 0 radical (unpaired) electrons. The summed E-state index contributed by atoms with van der Waals surface area (Å²) in [6, 6.07) is 14.9. The maximum Gasteiger partial charge on any atom is 0.323 e. The second-order valence-electron chi connectivity index (χ2n) is 5.85. The number of carbonyl (C=O) groups excluding carboxylic acids is 1. The van der Waals surface area contributed by atoms with Crippen LogP contribution in [-0.2, 0) is 22.6 Å². The molecule has 0 bridgehead atoms. The monoisotopic (exact) mass is 357 g/mol. The van der Waals surface area contributed by atoms with Gasteiger partial charge in [-0.2, -0.15) is 0 Å². The van der Waals surface area contributed by atoms with Crippen molar-refractivity contribution in [1.82, 2.24) is 4.90 Å². The lowest BCUT2D eigenvalue weighted by atomic mass is 10.1. The second-order valence-corrected chi connectivity index (χ2v) is 5.85. The van der Waals surface area contributed by atoms with Crippen molar-refractivity contribution in [3.05, 3.63) is 59.7 Å². The number of rotatable bonds is 9. The van der Waals surface area contributed by atoms with E-state index in [1.807, 2.05) is 30.3 Å². The Morgan fingerprint density at radius 2 is 1.58 bits per heavy atom. The summed E-state index contributed by atoms with van der Waals surface area (Å²) < 4.78 is 10.5. The number of carbonyl (C=O) groups is 2. The maximum absolute atomic E-state index is 12.6. The topological polar surface area (TPSA) is 76.1 Å². The zero-order valence-corrected chi connectivity index (χ0v) is 15.0. The number of benzene rings is 2. The van der Waals surface area contributed by atoms with E-state index in [1.54, 1.807) is 32.4 Å². The Bertz CT molecular complexity index is 723. The number of ether oxygens (including phenoxy) is 2. The zero-order valence-electron chi connectivity index (χ0n) is 15.0. The van der Waals surface area contributed by atoms with Gasteiger partial charge in [-0.25, -0.2) is 0 Å². The summed E-state index contributed by atoms with van der Waals surface area (Å²) in [5, 5.41) is 9.15. The van der Waals surface area contributed by atoms with Gasteiger partial charge >= 0.3 is 5.97 Å². The zero-order chi connectivity index (χ0) is 18.9. The Kier molecular flexibility index (Phi) is 7.02. The molecule has 138 valence electrons. The van der Waals surface area contributed by atoms with Crippen LogP contribution in [0.1, 0.15) is 17.5 Å². The van der Waals surface area contributed by atoms with E-state index >= 15 is 0 Å². The molecule has 0 unspecified atom stereocenters. The average molecular weight is 357 g/mol. The Morgan fingerprint density at radius 3 is 2.12 bits per heavy atom. The van der Waals surface area contributed by atoms with Gasteiger partial charge in [0.25, 0.3) is 0 Å². The van der Waals surface area contributed by atoms with Gasteiger partial charge in [-0.15, -0.1) is 0 Å². The van der Waals surface area contributed by atoms with E-state index in [-0.39, 0.29) is 25.4 Å². The normalized spacial score (nSPS) is 10.2. The van der Waals surface area contributed by atoms with Crippen molar-refractivity contribution in [2.24, 2.45) is 0 Å². The number of hydrogen-bond acceptors (Lipinski definition) is 4. The first-order valence-corrected chi connectivity index (χ1v) is 8.27. The molecule has 26 heavy (non-hydrogen) atoms. The highest BCUT2D eigenvalue weighted by atomic mass is 16.5. The molecule has 0 fully saturated rings. The highest BCUT2D eigenvalue weighted by Crippen LogP contribution is 2.23. The van der Waals surface area contributed by atoms with Crippen LogP contribution in [0.15, 0.2) is 48.5 Å². The van der Waals surface area contributed by atoms with Gasteiger partial charge in [0, 0.05) is 19.0 Å². The number of amides is 1. The third-order valence-corrected chi connectivity index (χ3v) is 3.93. The maximum atomic E-state index is 12.6. The molecule has 0 heterocycles. The molecule has 2 rings (SSSR count). The van der Waals surface area contributed by atoms with E-state index in [0.29, 0.717) is 17.9 Å². The molecule has 0 aromatic heterocycles. The average Bonchev–Trinajstić information content (AvgIpc) is 2.65. The molecule has 0 saturated heterocycles. The van der Waals surface area contributed by atoms with Gasteiger partial charge in [-0.1, -0.05) is 30.3 Å².